The second-order valence-corrected chi connectivity index (χ2v) is 9.61. The predicted molar refractivity (Wildman–Crippen MR) is 120 cm³/mol. The van der Waals surface area contributed by atoms with Gasteiger partial charge in [0.25, 0.3) is 0 Å². The molecule has 0 unspecified atom stereocenters. The summed E-state index contributed by atoms with van der Waals surface area (Å²) in [6, 6.07) is 6.95. The van der Waals surface area contributed by atoms with Crippen LogP contribution in [0, 0.1) is 5.41 Å². The van der Waals surface area contributed by atoms with Crippen LogP contribution in [0.15, 0.2) is 36.5 Å². The van der Waals surface area contributed by atoms with Gasteiger partial charge >= 0.3 is 6.18 Å². The highest BCUT2D eigenvalue weighted by molar-refractivity contribution is 5.96. The van der Waals surface area contributed by atoms with E-state index in [1.165, 1.54) is 16.6 Å². The van der Waals surface area contributed by atoms with Gasteiger partial charge in [0.15, 0.2) is 5.65 Å². The van der Waals surface area contributed by atoms with Gasteiger partial charge in [-0.3, -0.25) is 4.79 Å². The van der Waals surface area contributed by atoms with Crippen LogP contribution in [-0.2, 0) is 11.0 Å². The molecule has 34 heavy (non-hydrogen) atoms. The van der Waals surface area contributed by atoms with E-state index in [2.05, 4.69) is 15.4 Å². The van der Waals surface area contributed by atoms with Crippen LogP contribution in [0.25, 0.3) is 16.9 Å². The maximum atomic E-state index is 13.5. The number of carbonyl (C=O) groups is 1. The van der Waals surface area contributed by atoms with Crippen LogP contribution >= 0.6 is 0 Å². The number of rotatable bonds is 4. The quantitative estimate of drug-likeness (QED) is 0.548. The highest BCUT2D eigenvalue weighted by atomic mass is 19.4. The van der Waals surface area contributed by atoms with E-state index >= 15 is 0 Å². The van der Waals surface area contributed by atoms with Crippen LogP contribution in [0.5, 0.6) is 5.88 Å². The van der Waals surface area contributed by atoms with E-state index in [4.69, 9.17) is 4.74 Å². The second kappa shape index (κ2) is 8.90. The van der Waals surface area contributed by atoms with Crippen molar-refractivity contribution in [2.24, 2.45) is 5.41 Å². The molecule has 1 aromatic carbocycles. The van der Waals surface area contributed by atoms with Crippen molar-refractivity contribution in [2.45, 2.75) is 64.8 Å². The second-order valence-electron chi connectivity index (χ2n) is 9.61. The first-order valence-corrected chi connectivity index (χ1v) is 11.1. The van der Waals surface area contributed by atoms with E-state index in [0.717, 1.165) is 18.9 Å². The normalized spacial score (nSPS) is 19.3. The number of nitrogens with one attached hydrogen (secondary N) is 1. The number of imidazole rings is 1. The lowest BCUT2D eigenvalue weighted by atomic mass is 9.95. The number of nitrogens with zero attached hydrogens (tertiary/aromatic N) is 3. The SMILES string of the molecule is CC(C)(C)C(=O)Nc1cc(-c2cn3nc(OC4CCC(O)CC4)ccc3n2)ccc1C(F)(F)F. The van der Waals surface area contributed by atoms with E-state index < -0.39 is 23.1 Å². The molecule has 0 atom stereocenters. The Kier molecular flexibility index (Phi) is 6.28. The molecule has 3 aromatic rings. The lowest BCUT2D eigenvalue weighted by Crippen LogP contribution is -2.28. The molecule has 1 aliphatic carbocycles. The molecule has 1 saturated carbocycles. The van der Waals surface area contributed by atoms with E-state index in [-0.39, 0.29) is 17.9 Å². The summed E-state index contributed by atoms with van der Waals surface area (Å²) >= 11 is 0. The van der Waals surface area contributed by atoms with Crippen molar-refractivity contribution >= 4 is 17.2 Å². The third-order valence-corrected chi connectivity index (χ3v) is 5.78. The summed E-state index contributed by atoms with van der Waals surface area (Å²) in [6.07, 6.45) is -0.483. The molecule has 0 aliphatic heterocycles. The summed E-state index contributed by atoms with van der Waals surface area (Å²) in [7, 11) is 0. The van der Waals surface area contributed by atoms with Crippen LogP contribution in [-0.4, -0.2) is 37.8 Å². The van der Waals surface area contributed by atoms with Gasteiger partial charge in [0.2, 0.25) is 11.8 Å². The van der Waals surface area contributed by atoms with Crippen LogP contribution in [0.1, 0.15) is 52.0 Å². The van der Waals surface area contributed by atoms with Crippen LogP contribution in [0.4, 0.5) is 18.9 Å². The van der Waals surface area contributed by atoms with Crippen LogP contribution in [0.2, 0.25) is 0 Å². The van der Waals surface area contributed by atoms with Crippen molar-refractivity contribution in [1.82, 2.24) is 14.6 Å². The number of fused-ring (bicyclic) bond motifs is 1. The minimum absolute atomic E-state index is 0.0276. The first-order valence-electron chi connectivity index (χ1n) is 11.1. The zero-order valence-electron chi connectivity index (χ0n) is 19.2. The van der Waals surface area contributed by atoms with E-state index in [0.29, 0.717) is 35.6 Å². The Morgan fingerprint density at radius 1 is 1.12 bits per heavy atom. The number of alkyl halides is 3. The van der Waals surface area contributed by atoms with Crippen molar-refractivity contribution in [1.29, 1.82) is 0 Å². The lowest BCUT2D eigenvalue weighted by molar-refractivity contribution is -0.137. The summed E-state index contributed by atoms with van der Waals surface area (Å²) in [4.78, 5) is 16.8. The highest BCUT2D eigenvalue weighted by Gasteiger charge is 2.35. The molecule has 0 saturated heterocycles. The molecular formula is C24H27F3N4O3. The standard InChI is InChI=1S/C24H27F3N4O3/c1-23(2,3)22(33)29-18-12-14(4-9-17(18)24(25,26)27)19-13-31-20(28-19)10-11-21(30-31)34-16-7-5-15(32)6-8-16/h4,9-13,15-16,32H,5-8H2,1-3H3,(H,29,33). The number of aliphatic hydroxyl groups is 1. The van der Waals surface area contributed by atoms with Crippen molar-refractivity contribution < 1.29 is 27.8 Å². The fourth-order valence-corrected chi connectivity index (χ4v) is 3.76. The van der Waals surface area contributed by atoms with Gasteiger partial charge in [-0.2, -0.15) is 13.2 Å². The molecule has 4 rings (SSSR count). The molecule has 2 N–H and O–H groups in total. The van der Waals surface area contributed by atoms with Crippen LogP contribution < -0.4 is 10.1 Å². The molecule has 1 fully saturated rings. The first-order chi connectivity index (χ1) is 15.9. The summed E-state index contributed by atoms with van der Waals surface area (Å²) in [5.74, 6) is -0.118. The summed E-state index contributed by atoms with van der Waals surface area (Å²) < 4.78 is 48.1. The lowest BCUT2D eigenvalue weighted by Gasteiger charge is -2.25. The molecule has 0 spiro atoms. The molecule has 182 valence electrons. The minimum Gasteiger partial charge on any atom is -0.473 e. The number of hydrogen-bond acceptors (Lipinski definition) is 5. The molecule has 7 nitrogen and oxygen atoms in total. The van der Waals surface area contributed by atoms with Gasteiger partial charge in [-0.25, -0.2) is 9.50 Å². The Hall–Kier alpha value is -3.14. The zero-order valence-corrected chi connectivity index (χ0v) is 19.2. The number of carbonyl (C=O) groups excluding carboxylic acids is 1. The number of ether oxygens (including phenoxy) is 1. The van der Waals surface area contributed by atoms with E-state index in [9.17, 15) is 23.1 Å². The molecule has 0 radical (unpaired) electrons. The van der Waals surface area contributed by atoms with Crippen molar-refractivity contribution in [3.63, 3.8) is 0 Å². The third kappa shape index (κ3) is 5.32. The molecule has 2 heterocycles. The number of aliphatic hydroxyl groups excluding tert-OH is 1. The van der Waals surface area contributed by atoms with Gasteiger partial charge in [0.05, 0.1) is 29.2 Å². The zero-order chi connectivity index (χ0) is 24.7. The molecule has 10 heteroatoms. The summed E-state index contributed by atoms with van der Waals surface area (Å²) in [6.45, 7) is 4.88. The maximum Gasteiger partial charge on any atom is 0.418 e. The van der Waals surface area contributed by atoms with Crippen molar-refractivity contribution in [3.8, 4) is 17.1 Å². The van der Waals surface area contributed by atoms with Gasteiger partial charge in [-0.15, -0.1) is 5.10 Å². The van der Waals surface area contributed by atoms with Gasteiger partial charge in [0, 0.05) is 17.0 Å². The summed E-state index contributed by atoms with van der Waals surface area (Å²) in [5, 5.41) is 16.5. The molecule has 1 amide bonds. The molecular weight excluding hydrogens is 449 g/mol. The Balaban J connectivity index is 1.62. The predicted octanol–water partition coefficient (Wildman–Crippen LogP) is 5.08. The number of anilines is 1. The highest BCUT2D eigenvalue weighted by Crippen LogP contribution is 2.38. The number of halogens is 3. The number of hydrogen-bond donors (Lipinski definition) is 2. The van der Waals surface area contributed by atoms with E-state index in [1.807, 2.05) is 0 Å². The molecule has 2 aromatic heterocycles. The molecule has 1 aliphatic rings. The summed E-state index contributed by atoms with van der Waals surface area (Å²) in [5.41, 5.74) is -0.792. The van der Waals surface area contributed by atoms with Crippen LogP contribution in [0.3, 0.4) is 0 Å². The van der Waals surface area contributed by atoms with Gasteiger partial charge < -0.3 is 15.2 Å². The van der Waals surface area contributed by atoms with Gasteiger partial charge in [-0.1, -0.05) is 26.8 Å². The number of benzene rings is 1. The monoisotopic (exact) mass is 476 g/mol. The third-order valence-electron chi connectivity index (χ3n) is 5.78. The Labute approximate surface area is 195 Å². The smallest absolute Gasteiger partial charge is 0.418 e. The van der Waals surface area contributed by atoms with Gasteiger partial charge in [0.1, 0.15) is 6.10 Å². The molecule has 0 bridgehead atoms. The van der Waals surface area contributed by atoms with Crippen molar-refractivity contribution in [3.05, 3.63) is 42.1 Å². The maximum absolute atomic E-state index is 13.5. The van der Waals surface area contributed by atoms with Crippen molar-refractivity contribution in [2.75, 3.05) is 5.32 Å². The number of amides is 1. The Bertz CT molecular complexity index is 1190. The number of aromatic nitrogens is 3. The average molecular weight is 476 g/mol. The Morgan fingerprint density at radius 3 is 2.47 bits per heavy atom. The van der Waals surface area contributed by atoms with E-state index in [1.54, 1.807) is 39.1 Å². The van der Waals surface area contributed by atoms with Gasteiger partial charge in [-0.05, 0) is 43.9 Å². The fraction of sp³-hybridized carbons (Fsp3) is 0.458. The first kappa shape index (κ1) is 24.0. The largest absolute Gasteiger partial charge is 0.473 e. The topological polar surface area (TPSA) is 88.8 Å². The minimum atomic E-state index is -4.62. The fourth-order valence-electron chi connectivity index (χ4n) is 3.76. The average Bonchev–Trinajstić information content (AvgIpc) is 3.17. The Morgan fingerprint density at radius 2 is 1.82 bits per heavy atom.